The van der Waals surface area contributed by atoms with Crippen molar-refractivity contribution in [2.75, 3.05) is 38.0 Å². The van der Waals surface area contributed by atoms with E-state index in [2.05, 4.69) is 9.97 Å². The second-order valence-electron chi connectivity index (χ2n) is 4.22. The summed E-state index contributed by atoms with van der Waals surface area (Å²) in [6.07, 6.45) is -4.63. The molecule has 0 unspecified atom stereocenters. The van der Waals surface area contributed by atoms with Gasteiger partial charge in [0.05, 0.1) is 6.54 Å². The fourth-order valence-electron chi connectivity index (χ4n) is 1.27. The molecule has 0 aliphatic heterocycles. The molecule has 1 amide bonds. The van der Waals surface area contributed by atoms with Gasteiger partial charge in [0.25, 0.3) is 0 Å². The Labute approximate surface area is 113 Å². The molecule has 0 radical (unpaired) electrons. The Balaban J connectivity index is 3.08. The van der Waals surface area contributed by atoms with Crippen LogP contribution < -0.4 is 16.2 Å². The van der Waals surface area contributed by atoms with Crippen molar-refractivity contribution in [3.8, 4) is 0 Å². The van der Waals surface area contributed by atoms with Crippen molar-refractivity contribution in [1.82, 2.24) is 14.9 Å². The quantitative estimate of drug-likeness (QED) is 0.613. The largest absolute Gasteiger partial charge is 0.433 e. The van der Waals surface area contributed by atoms with Gasteiger partial charge in [0.15, 0.2) is 5.69 Å². The first-order valence-corrected chi connectivity index (χ1v) is 5.49. The van der Waals surface area contributed by atoms with Crippen molar-refractivity contribution in [1.29, 1.82) is 0 Å². The Hall–Kier alpha value is -2.10. The summed E-state index contributed by atoms with van der Waals surface area (Å²) in [6.45, 7) is -0.120. The van der Waals surface area contributed by atoms with Gasteiger partial charge in [0.2, 0.25) is 11.9 Å². The Kier molecular flexibility index (Phi) is 4.71. The third-order valence-corrected chi connectivity index (χ3v) is 2.39. The van der Waals surface area contributed by atoms with E-state index in [1.54, 1.807) is 14.1 Å². The number of carbonyl (C=O) groups excluding carboxylic acids is 1. The van der Waals surface area contributed by atoms with Crippen molar-refractivity contribution in [2.24, 2.45) is 5.84 Å². The first-order valence-electron chi connectivity index (χ1n) is 5.49. The number of nitrogens with zero attached hydrogens (tertiary/aromatic N) is 4. The minimum Gasteiger partial charge on any atom is -0.350 e. The van der Waals surface area contributed by atoms with Gasteiger partial charge in [-0.2, -0.15) is 18.2 Å². The molecule has 0 aliphatic carbocycles. The average molecular weight is 292 g/mol. The Bertz CT molecular complexity index is 490. The number of hydrazine groups is 1. The van der Waals surface area contributed by atoms with Crippen LogP contribution in [0, 0.1) is 0 Å². The van der Waals surface area contributed by atoms with E-state index in [9.17, 15) is 18.0 Å². The molecule has 7 nitrogen and oxygen atoms in total. The molecule has 112 valence electrons. The second-order valence-corrected chi connectivity index (χ2v) is 4.22. The van der Waals surface area contributed by atoms with E-state index in [1.165, 1.54) is 16.8 Å². The molecule has 0 saturated heterocycles. The molecule has 1 aromatic heterocycles. The van der Waals surface area contributed by atoms with Crippen LogP contribution in [0.4, 0.5) is 24.9 Å². The maximum atomic E-state index is 12.7. The number of nitrogens with two attached hydrogens (primary N) is 1. The van der Waals surface area contributed by atoms with E-state index in [1.807, 2.05) is 5.43 Å². The Morgan fingerprint density at radius 2 is 1.95 bits per heavy atom. The van der Waals surface area contributed by atoms with Crippen LogP contribution in [-0.4, -0.2) is 48.5 Å². The van der Waals surface area contributed by atoms with Gasteiger partial charge in [-0.05, 0) is 0 Å². The van der Waals surface area contributed by atoms with Gasteiger partial charge in [-0.15, -0.1) is 0 Å². The standard InChI is InChI=1S/C10H15F3N6O/c1-18(2)8(20)5-19(3)7-4-6(10(11,12)13)15-9(16-7)17-14/h4H,5,14H2,1-3H3,(H,15,16,17). The summed E-state index contributed by atoms with van der Waals surface area (Å²) in [7, 11) is 4.54. The minimum atomic E-state index is -4.63. The van der Waals surface area contributed by atoms with Crippen molar-refractivity contribution < 1.29 is 18.0 Å². The number of nitrogen functional groups attached to an aromatic ring is 1. The molecule has 0 saturated carbocycles. The van der Waals surface area contributed by atoms with Crippen LogP contribution in [0.5, 0.6) is 0 Å². The van der Waals surface area contributed by atoms with Gasteiger partial charge in [-0.25, -0.2) is 10.8 Å². The number of anilines is 2. The van der Waals surface area contributed by atoms with Crippen LogP contribution in [0.1, 0.15) is 5.69 Å². The number of nitrogens with one attached hydrogen (secondary N) is 1. The lowest BCUT2D eigenvalue weighted by Crippen LogP contribution is -2.35. The summed E-state index contributed by atoms with van der Waals surface area (Å²) in [6, 6.07) is 0.754. The van der Waals surface area contributed by atoms with E-state index in [4.69, 9.17) is 5.84 Å². The zero-order valence-corrected chi connectivity index (χ0v) is 11.2. The van der Waals surface area contributed by atoms with E-state index >= 15 is 0 Å². The highest BCUT2D eigenvalue weighted by molar-refractivity contribution is 5.80. The van der Waals surface area contributed by atoms with E-state index in [0.29, 0.717) is 0 Å². The molecular formula is C10H15F3N6O. The highest BCUT2D eigenvalue weighted by atomic mass is 19.4. The molecule has 0 bridgehead atoms. The lowest BCUT2D eigenvalue weighted by Gasteiger charge is -2.21. The van der Waals surface area contributed by atoms with Crippen LogP contribution in [0.25, 0.3) is 0 Å². The third kappa shape index (κ3) is 3.95. The summed E-state index contributed by atoms with van der Waals surface area (Å²) in [4.78, 5) is 21.2. The van der Waals surface area contributed by atoms with Gasteiger partial charge in [-0.1, -0.05) is 0 Å². The number of hydrogen-bond acceptors (Lipinski definition) is 6. The second kappa shape index (κ2) is 5.90. The molecule has 1 rings (SSSR count). The molecule has 0 aliphatic rings. The minimum absolute atomic E-state index is 0.0597. The summed E-state index contributed by atoms with van der Waals surface area (Å²) in [5, 5.41) is 0. The first kappa shape index (κ1) is 16.0. The number of alkyl halides is 3. The number of carbonyl (C=O) groups is 1. The number of rotatable bonds is 4. The zero-order chi connectivity index (χ0) is 15.5. The fourth-order valence-corrected chi connectivity index (χ4v) is 1.27. The molecule has 3 N–H and O–H groups in total. The zero-order valence-electron chi connectivity index (χ0n) is 11.2. The van der Waals surface area contributed by atoms with Gasteiger partial charge < -0.3 is 9.80 Å². The van der Waals surface area contributed by atoms with Gasteiger partial charge in [0, 0.05) is 27.2 Å². The van der Waals surface area contributed by atoms with E-state index in [0.717, 1.165) is 6.07 Å². The number of hydrogen-bond donors (Lipinski definition) is 2. The molecule has 1 aromatic rings. The lowest BCUT2D eigenvalue weighted by molar-refractivity contribution is -0.141. The van der Waals surface area contributed by atoms with E-state index in [-0.39, 0.29) is 24.2 Å². The van der Waals surface area contributed by atoms with Crippen LogP contribution >= 0.6 is 0 Å². The fraction of sp³-hybridized carbons (Fsp3) is 0.500. The van der Waals surface area contributed by atoms with Crippen LogP contribution in [0.3, 0.4) is 0 Å². The number of aromatic nitrogens is 2. The summed E-state index contributed by atoms with van der Waals surface area (Å²) in [5.41, 5.74) is 0.827. The summed E-state index contributed by atoms with van der Waals surface area (Å²) >= 11 is 0. The van der Waals surface area contributed by atoms with Crippen LogP contribution in [0.15, 0.2) is 6.07 Å². The molecule has 20 heavy (non-hydrogen) atoms. The molecule has 10 heteroatoms. The summed E-state index contributed by atoms with van der Waals surface area (Å²) in [5.74, 6) is 4.33. The summed E-state index contributed by atoms with van der Waals surface area (Å²) < 4.78 is 38.1. The normalized spacial score (nSPS) is 11.2. The predicted octanol–water partition coefficient (Wildman–Crippen LogP) is 0.305. The predicted molar refractivity (Wildman–Crippen MR) is 66.8 cm³/mol. The van der Waals surface area contributed by atoms with Crippen molar-refractivity contribution in [3.63, 3.8) is 0 Å². The number of halogens is 3. The first-order chi connectivity index (χ1) is 9.15. The topological polar surface area (TPSA) is 87.4 Å². The smallest absolute Gasteiger partial charge is 0.350 e. The Morgan fingerprint density at radius 3 is 2.40 bits per heavy atom. The van der Waals surface area contributed by atoms with E-state index < -0.39 is 11.9 Å². The maximum absolute atomic E-state index is 12.7. The monoisotopic (exact) mass is 292 g/mol. The average Bonchev–Trinajstić information content (AvgIpc) is 2.36. The number of amides is 1. The SMILES string of the molecule is CN(C)C(=O)CN(C)c1cc(C(F)(F)F)nc(NN)n1. The molecule has 0 fully saturated rings. The maximum Gasteiger partial charge on any atom is 0.433 e. The molecular weight excluding hydrogens is 277 g/mol. The lowest BCUT2D eigenvalue weighted by atomic mass is 10.3. The highest BCUT2D eigenvalue weighted by Crippen LogP contribution is 2.30. The molecule has 0 spiro atoms. The number of likely N-dealkylation sites (N-methyl/N-ethyl adjacent to an activating group) is 2. The third-order valence-electron chi connectivity index (χ3n) is 2.39. The molecule has 1 heterocycles. The Morgan fingerprint density at radius 1 is 1.35 bits per heavy atom. The van der Waals surface area contributed by atoms with Gasteiger partial charge >= 0.3 is 6.18 Å². The van der Waals surface area contributed by atoms with Gasteiger partial charge in [0.1, 0.15) is 5.82 Å². The van der Waals surface area contributed by atoms with Crippen molar-refractivity contribution in [2.45, 2.75) is 6.18 Å². The molecule has 0 atom stereocenters. The van der Waals surface area contributed by atoms with Gasteiger partial charge in [-0.3, -0.25) is 10.2 Å². The highest BCUT2D eigenvalue weighted by Gasteiger charge is 2.34. The van der Waals surface area contributed by atoms with Crippen molar-refractivity contribution >= 4 is 17.7 Å². The van der Waals surface area contributed by atoms with Crippen LogP contribution in [0.2, 0.25) is 0 Å². The van der Waals surface area contributed by atoms with Crippen molar-refractivity contribution in [3.05, 3.63) is 11.8 Å². The molecule has 0 aromatic carbocycles. The van der Waals surface area contributed by atoms with Crippen LogP contribution in [-0.2, 0) is 11.0 Å².